The highest BCUT2D eigenvalue weighted by Gasteiger charge is 2.44. The van der Waals surface area contributed by atoms with Crippen molar-refractivity contribution in [2.75, 3.05) is 6.54 Å². The summed E-state index contributed by atoms with van der Waals surface area (Å²) in [4.78, 5) is 37.9. The number of amides is 2. The van der Waals surface area contributed by atoms with Gasteiger partial charge in [0.2, 0.25) is 0 Å². The predicted molar refractivity (Wildman–Crippen MR) is 94.6 cm³/mol. The van der Waals surface area contributed by atoms with Crippen LogP contribution in [-0.2, 0) is 4.79 Å². The number of aliphatic hydroxyl groups is 2. The number of piperidine rings is 2. The fraction of sp³-hybridized carbons (Fsp3) is 0.526. The van der Waals surface area contributed by atoms with E-state index in [9.17, 15) is 24.6 Å². The second-order valence-electron chi connectivity index (χ2n) is 7.48. The van der Waals surface area contributed by atoms with Crippen molar-refractivity contribution in [2.24, 2.45) is 5.92 Å². The molecule has 8 heteroatoms. The number of carbonyl (C=O) groups is 3. The van der Waals surface area contributed by atoms with Gasteiger partial charge in [-0.25, -0.2) is 0 Å². The quantitative estimate of drug-likeness (QED) is 0.432. The molecule has 144 valence electrons. The summed E-state index contributed by atoms with van der Waals surface area (Å²) in [6.45, 7) is 0.729. The van der Waals surface area contributed by atoms with Gasteiger partial charge in [0.1, 0.15) is 18.7 Å². The summed E-state index contributed by atoms with van der Waals surface area (Å²) in [7, 11) is 0. The van der Waals surface area contributed by atoms with Gasteiger partial charge in [0.25, 0.3) is 11.8 Å². The van der Waals surface area contributed by atoms with Gasteiger partial charge in [-0.1, -0.05) is 6.07 Å². The van der Waals surface area contributed by atoms with E-state index < -0.39 is 30.3 Å². The van der Waals surface area contributed by atoms with Crippen LogP contribution in [0.1, 0.15) is 58.0 Å². The van der Waals surface area contributed by atoms with Crippen LogP contribution in [0.15, 0.2) is 18.2 Å². The third kappa shape index (κ3) is 3.19. The molecule has 2 amide bonds. The van der Waals surface area contributed by atoms with Crippen LogP contribution < -0.4 is 10.6 Å². The molecule has 3 aliphatic heterocycles. The number of imide groups is 1. The van der Waals surface area contributed by atoms with Crippen molar-refractivity contribution in [3.63, 3.8) is 0 Å². The molecule has 0 spiro atoms. The molecular formula is C19H23N3O5. The zero-order valence-electron chi connectivity index (χ0n) is 14.8. The lowest BCUT2D eigenvalue weighted by Gasteiger charge is -2.36. The van der Waals surface area contributed by atoms with Gasteiger partial charge in [-0.3, -0.25) is 19.8 Å². The average molecular weight is 373 g/mol. The van der Waals surface area contributed by atoms with Crippen LogP contribution in [-0.4, -0.2) is 58.3 Å². The molecule has 0 saturated carbocycles. The first-order valence-electron chi connectivity index (χ1n) is 9.32. The smallest absolute Gasteiger partial charge is 0.261 e. The Morgan fingerprint density at radius 3 is 2.59 bits per heavy atom. The molecule has 1 aromatic rings. The number of nitrogens with zero attached hydrogens (tertiary/aromatic N) is 1. The number of fused-ring (bicyclic) bond motifs is 1. The first kappa shape index (κ1) is 18.2. The van der Waals surface area contributed by atoms with Crippen LogP contribution in [0.5, 0.6) is 0 Å². The lowest BCUT2D eigenvalue weighted by atomic mass is 9.88. The van der Waals surface area contributed by atoms with Crippen LogP contribution in [0.4, 0.5) is 0 Å². The molecule has 8 nitrogen and oxygen atoms in total. The summed E-state index contributed by atoms with van der Waals surface area (Å²) in [6.07, 6.45) is 1.11. The van der Waals surface area contributed by atoms with Crippen molar-refractivity contribution in [3.8, 4) is 0 Å². The lowest BCUT2D eigenvalue weighted by Crippen LogP contribution is -2.58. The molecule has 3 aliphatic rings. The molecule has 0 bridgehead atoms. The van der Waals surface area contributed by atoms with Crippen molar-refractivity contribution in [1.29, 1.82) is 0 Å². The summed E-state index contributed by atoms with van der Waals surface area (Å²) in [5.41, 5.74) is 1.52. The Morgan fingerprint density at radius 1 is 1.07 bits per heavy atom. The third-order valence-electron chi connectivity index (χ3n) is 5.78. The highest BCUT2D eigenvalue weighted by molar-refractivity contribution is 6.21. The van der Waals surface area contributed by atoms with Gasteiger partial charge in [-0.15, -0.1) is 0 Å². The normalized spacial score (nSPS) is 33.9. The topological polar surface area (TPSA) is 119 Å². The molecule has 5 unspecified atom stereocenters. The van der Waals surface area contributed by atoms with Gasteiger partial charge in [-0.2, -0.15) is 0 Å². The summed E-state index contributed by atoms with van der Waals surface area (Å²) >= 11 is 0. The summed E-state index contributed by atoms with van der Waals surface area (Å²) in [6, 6.07) is 4.44. The van der Waals surface area contributed by atoms with E-state index in [1.807, 2.05) is 6.07 Å². The molecular weight excluding hydrogens is 350 g/mol. The minimum absolute atomic E-state index is 0.00627. The number of aldehydes is 1. The fourth-order valence-corrected chi connectivity index (χ4v) is 4.27. The van der Waals surface area contributed by atoms with E-state index in [2.05, 4.69) is 10.6 Å². The minimum atomic E-state index is -1.16. The van der Waals surface area contributed by atoms with E-state index in [4.69, 9.17) is 0 Å². The summed E-state index contributed by atoms with van der Waals surface area (Å²) in [5.74, 6) is -0.860. The molecule has 2 fully saturated rings. The van der Waals surface area contributed by atoms with Crippen molar-refractivity contribution >= 4 is 18.1 Å². The lowest BCUT2D eigenvalue weighted by molar-refractivity contribution is -0.112. The monoisotopic (exact) mass is 373 g/mol. The van der Waals surface area contributed by atoms with Crippen LogP contribution in [0.3, 0.4) is 0 Å². The van der Waals surface area contributed by atoms with Gasteiger partial charge in [-0.05, 0) is 49.9 Å². The van der Waals surface area contributed by atoms with Gasteiger partial charge in [0.05, 0.1) is 17.2 Å². The molecule has 3 heterocycles. The maximum atomic E-state index is 12.9. The molecule has 27 heavy (non-hydrogen) atoms. The number of rotatable bonds is 3. The van der Waals surface area contributed by atoms with Gasteiger partial charge in [0, 0.05) is 12.0 Å². The number of hydrogen-bond donors (Lipinski definition) is 4. The predicted octanol–water partition coefficient (Wildman–Crippen LogP) is -0.0890. The Labute approximate surface area is 156 Å². The van der Waals surface area contributed by atoms with Gasteiger partial charge >= 0.3 is 0 Å². The Hall–Kier alpha value is -2.13. The van der Waals surface area contributed by atoms with Crippen molar-refractivity contribution in [1.82, 2.24) is 15.5 Å². The molecule has 2 saturated heterocycles. The van der Waals surface area contributed by atoms with Gasteiger partial charge in [0.15, 0.2) is 0 Å². The molecule has 0 aliphatic carbocycles. The zero-order valence-corrected chi connectivity index (χ0v) is 14.8. The van der Waals surface area contributed by atoms with Crippen LogP contribution in [0.2, 0.25) is 0 Å². The molecule has 0 aromatic heterocycles. The van der Waals surface area contributed by atoms with Crippen LogP contribution >= 0.6 is 0 Å². The van der Waals surface area contributed by atoms with E-state index in [1.165, 1.54) is 0 Å². The van der Waals surface area contributed by atoms with Crippen LogP contribution in [0.25, 0.3) is 0 Å². The van der Waals surface area contributed by atoms with Gasteiger partial charge < -0.3 is 20.3 Å². The van der Waals surface area contributed by atoms with E-state index in [1.54, 1.807) is 12.1 Å². The zero-order chi connectivity index (χ0) is 19.1. The van der Waals surface area contributed by atoms with E-state index in [-0.39, 0.29) is 12.0 Å². The molecule has 4 N–H and O–H groups in total. The number of benzene rings is 1. The van der Waals surface area contributed by atoms with Crippen molar-refractivity contribution in [2.45, 2.75) is 50.2 Å². The molecule has 0 radical (unpaired) electrons. The maximum absolute atomic E-state index is 12.9. The second kappa shape index (κ2) is 7.12. The highest BCUT2D eigenvalue weighted by atomic mass is 16.3. The number of hydrogen-bond acceptors (Lipinski definition) is 7. The molecule has 1 aromatic carbocycles. The largest absolute Gasteiger partial charge is 0.379 e. The molecule has 5 atom stereocenters. The SMILES string of the molecule is O=CC1CCNC(c2ccc3c(c2)C(=O)N(C2CCC(O)NC2O)C3=O)C1. The first-order valence-corrected chi connectivity index (χ1v) is 9.32. The Morgan fingerprint density at radius 2 is 1.85 bits per heavy atom. The Bertz CT molecular complexity index is 783. The van der Waals surface area contributed by atoms with E-state index in [0.29, 0.717) is 30.4 Å². The van der Waals surface area contributed by atoms with Crippen molar-refractivity contribution < 1.29 is 24.6 Å². The molecule has 4 rings (SSSR count). The second-order valence-corrected chi connectivity index (χ2v) is 7.48. The summed E-state index contributed by atoms with van der Waals surface area (Å²) < 4.78 is 0. The van der Waals surface area contributed by atoms with E-state index >= 15 is 0 Å². The fourth-order valence-electron chi connectivity index (χ4n) is 4.27. The minimum Gasteiger partial charge on any atom is -0.379 e. The standard InChI is InChI=1S/C19H23N3O5/c23-9-10-5-6-20-14(7-10)11-1-2-12-13(8-11)19(27)22(18(12)26)15-3-4-16(24)21-17(15)25/h1-2,8-10,14-17,20-21,24-25H,3-7H2. The maximum Gasteiger partial charge on any atom is 0.261 e. The number of aliphatic hydroxyl groups excluding tert-OH is 2. The Kier molecular flexibility index (Phi) is 4.81. The number of carbonyl (C=O) groups excluding carboxylic acids is 3. The summed E-state index contributed by atoms with van der Waals surface area (Å²) in [5, 5.41) is 25.7. The average Bonchev–Trinajstić information content (AvgIpc) is 2.92. The first-order chi connectivity index (χ1) is 13.0. The van der Waals surface area contributed by atoms with Crippen molar-refractivity contribution in [3.05, 3.63) is 34.9 Å². The van der Waals surface area contributed by atoms with Crippen LogP contribution in [0, 0.1) is 5.92 Å². The number of nitrogens with one attached hydrogen (secondary N) is 2. The highest BCUT2D eigenvalue weighted by Crippen LogP contribution is 2.33. The third-order valence-corrected chi connectivity index (χ3v) is 5.78. The van der Waals surface area contributed by atoms with E-state index in [0.717, 1.165) is 29.7 Å². The Balaban J connectivity index is 1.59.